The van der Waals surface area contributed by atoms with E-state index in [1.54, 1.807) is 58.6 Å². The van der Waals surface area contributed by atoms with Crippen molar-refractivity contribution in [2.75, 3.05) is 48.7 Å². The Labute approximate surface area is 323 Å². The Morgan fingerprint density at radius 1 is 0.800 bits per heavy atom. The summed E-state index contributed by atoms with van der Waals surface area (Å²) in [5.74, 6) is 0.721. The number of piperidine rings is 1. The second-order valence-corrected chi connectivity index (χ2v) is 13.8. The van der Waals surface area contributed by atoms with Crippen LogP contribution in [0.25, 0.3) is 0 Å². The number of aryl methyl sites for hydroxylation is 1. The molecule has 1 fully saturated rings. The zero-order valence-corrected chi connectivity index (χ0v) is 32.4. The highest BCUT2D eigenvalue weighted by molar-refractivity contribution is 5.89. The number of carboxylic acid groups (broad SMARTS) is 1. The van der Waals surface area contributed by atoms with Gasteiger partial charge in [-0.15, -0.1) is 0 Å². The maximum absolute atomic E-state index is 14.9. The van der Waals surface area contributed by atoms with E-state index in [4.69, 9.17) is 33.2 Å². The monoisotopic (exact) mass is 759 g/mol. The smallest absolute Gasteiger partial charge is 0.341 e. The summed E-state index contributed by atoms with van der Waals surface area (Å²) >= 11 is 0. The molecule has 0 saturated carbocycles. The minimum Gasteiger partial charge on any atom is -0.493 e. The lowest BCUT2D eigenvalue weighted by atomic mass is 9.82. The lowest BCUT2D eigenvalue weighted by molar-refractivity contribution is -0.162. The number of esters is 1. The standard InChI is InChI=1S/C43H53NO11/c1-49-36-20-18-29(23-37(36)50-2)17-19-35(30-14-11-15-32(24-30)54-27-40(45)46)55-43(48)34-16-9-10-21-44(34)42(47)33(22-28-12-7-6-8-13-28)31-25-38(51-3)41(53-5)39(26-31)52-4/h7,11-12,14-15,18,20,23-26,28,33-35H,6,8-10,13,16-17,19,21-22,27H2,1-5H3,(H,45,46)/t28?,33-,34+,35-/m1/s1. The first-order chi connectivity index (χ1) is 26.7. The van der Waals surface area contributed by atoms with Gasteiger partial charge in [-0.3, -0.25) is 4.79 Å². The first-order valence-electron chi connectivity index (χ1n) is 18.8. The third-order valence-corrected chi connectivity index (χ3v) is 10.3. The highest BCUT2D eigenvalue weighted by atomic mass is 16.5. The molecule has 3 aromatic rings. The molecule has 1 amide bonds. The van der Waals surface area contributed by atoms with Crippen molar-refractivity contribution in [3.8, 4) is 34.5 Å². The molecule has 55 heavy (non-hydrogen) atoms. The molecule has 296 valence electrons. The molecule has 0 bridgehead atoms. The number of carbonyl (C=O) groups is 3. The fourth-order valence-corrected chi connectivity index (χ4v) is 7.50. The lowest BCUT2D eigenvalue weighted by Gasteiger charge is -2.38. The zero-order valence-electron chi connectivity index (χ0n) is 32.4. The first kappa shape index (κ1) is 40.8. The molecule has 0 spiro atoms. The van der Waals surface area contributed by atoms with Gasteiger partial charge in [0.25, 0.3) is 0 Å². The average molecular weight is 760 g/mol. The van der Waals surface area contributed by atoms with Crippen LogP contribution in [-0.4, -0.2) is 82.6 Å². The summed E-state index contributed by atoms with van der Waals surface area (Å²) in [6.45, 7) is -0.0999. The predicted molar refractivity (Wildman–Crippen MR) is 206 cm³/mol. The van der Waals surface area contributed by atoms with Crippen LogP contribution in [0.5, 0.6) is 34.5 Å². The van der Waals surface area contributed by atoms with E-state index in [1.165, 1.54) is 0 Å². The average Bonchev–Trinajstić information content (AvgIpc) is 3.22. The van der Waals surface area contributed by atoms with Crippen LogP contribution in [0.15, 0.2) is 66.7 Å². The lowest BCUT2D eigenvalue weighted by Crippen LogP contribution is -2.50. The van der Waals surface area contributed by atoms with Crippen molar-refractivity contribution in [2.24, 2.45) is 5.92 Å². The van der Waals surface area contributed by atoms with Crippen LogP contribution in [0, 0.1) is 5.92 Å². The van der Waals surface area contributed by atoms with Gasteiger partial charge in [0.15, 0.2) is 29.6 Å². The fourth-order valence-electron chi connectivity index (χ4n) is 7.50. The van der Waals surface area contributed by atoms with Gasteiger partial charge in [0.2, 0.25) is 11.7 Å². The van der Waals surface area contributed by atoms with E-state index in [0.29, 0.717) is 72.3 Å². The van der Waals surface area contributed by atoms with Crippen LogP contribution in [0.4, 0.5) is 0 Å². The second kappa shape index (κ2) is 19.8. The molecule has 1 aliphatic carbocycles. The number of nitrogens with zero attached hydrogens (tertiary/aromatic N) is 1. The Balaban J connectivity index is 1.45. The number of hydrogen-bond donors (Lipinski definition) is 1. The van der Waals surface area contributed by atoms with Gasteiger partial charge in [0.05, 0.1) is 41.5 Å². The van der Waals surface area contributed by atoms with Crippen molar-refractivity contribution in [1.29, 1.82) is 0 Å². The predicted octanol–water partition coefficient (Wildman–Crippen LogP) is 7.32. The summed E-state index contributed by atoms with van der Waals surface area (Å²) in [5.41, 5.74) is 2.31. The molecular formula is C43H53NO11. The first-order valence-corrected chi connectivity index (χ1v) is 18.8. The summed E-state index contributed by atoms with van der Waals surface area (Å²) in [6, 6.07) is 15.4. The van der Waals surface area contributed by atoms with Gasteiger partial charge in [-0.25, -0.2) is 9.59 Å². The molecule has 4 atom stereocenters. The zero-order chi connectivity index (χ0) is 39.3. The second-order valence-electron chi connectivity index (χ2n) is 13.8. The van der Waals surface area contributed by atoms with E-state index in [2.05, 4.69) is 12.2 Å². The maximum Gasteiger partial charge on any atom is 0.341 e. The van der Waals surface area contributed by atoms with E-state index in [1.807, 2.05) is 36.4 Å². The number of benzene rings is 3. The molecule has 5 rings (SSSR count). The summed E-state index contributed by atoms with van der Waals surface area (Å²) in [6.07, 6.45) is 10.1. The Hall–Kier alpha value is -5.39. The Morgan fingerprint density at radius 2 is 1.55 bits per heavy atom. The number of hydrogen-bond acceptors (Lipinski definition) is 10. The van der Waals surface area contributed by atoms with Crippen molar-refractivity contribution in [3.05, 3.63) is 83.4 Å². The largest absolute Gasteiger partial charge is 0.493 e. The molecule has 1 heterocycles. The van der Waals surface area contributed by atoms with Gasteiger partial charge < -0.3 is 43.2 Å². The van der Waals surface area contributed by atoms with Crippen LogP contribution in [-0.2, 0) is 25.5 Å². The number of allylic oxidation sites excluding steroid dienone is 2. The highest BCUT2D eigenvalue weighted by Gasteiger charge is 2.39. The van der Waals surface area contributed by atoms with E-state index in [-0.39, 0.29) is 11.8 Å². The number of methoxy groups -OCH3 is 5. The molecule has 0 aromatic heterocycles. The normalized spacial score (nSPS) is 17.7. The van der Waals surface area contributed by atoms with Crippen molar-refractivity contribution in [1.82, 2.24) is 4.90 Å². The molecule has 12 heteroatoms. The van der Waals surface area contributed by atoms with Gasteiger partial charge in [-0.1, -0.05) is 30.4 Å². The molecule has 1 N–H and O–H groups in total. The van der Waals surface area contributed by atoms with Crippen LogP contribution >= 0.6 is 0 Å². The maximum atomic E-state index is 14.9. The number of amides is 1. The number of carbonyl (C=O) groups excluding carboxylic acids is 2. The van der Waals surface area contributed by atoms with Gasteiger partial charge in [-0.05, 0) is 117 Å². The van der Waals surface area contributed by atoms with Gasteiger partial charge in [-0.2, -0.15) is 0 Å². The van der Waals surface area contributed by atoms with Gasteiger partial charge in [0, 0.05) is 6.54 Å². The van der Waals surface area contributed by atoms with E-state index in [9.17, 15) is 19.5 Å². The summed E-state index contributed by atoms with van der Waals surface area (Å²) < 4.78 is 39.7. The third-order valence-electron chi connectivity index (χ3n) is 10.3. The van der Waals surface area contributed by atoms with Crippen molar-refractivity contribution >= 4 is 17.8 Å². The molecule has 0 radical (unpaired) electrons. The quantitative estimate of drug-likeness (QED) is 0.103. The van der Waals surface area contributed by atoms with Gasteiger partial charge in [0.1, 0.15) is 17.9 Å². The fraction of sp³-hybridized carbons (Fsp3) is 0.465. The minimum absolute atomic E-state index is 0.152. The topological polar surface area (TPSA) is 139 Å². The molecular weight excluding hydrogens is 706 g/mol. The Kier molecular flexibility index (Phi) is 14.7. The number of carboxylic acids is 1. The number of likely N-dealkylation sites (tertiary alicyclic amines) is 1. The molecule has 1 aliphatic heterocycles. The van der Waals surface area contributed by atoms with Crippen LogP contribution in [0.1, 0.15) is 80.1 Å². The van der Waals surface area contributed by atoms with E-state index < -0.39 is 36.6 Å². The molecule has 1 saturated heterocycles. The minimum atomic E-state index is -1.10. The molecule has 1 unspecified atom stereocenters. The molecule has 12 nitrogen and oxygen atoms in total. The van der Waals surface area contributed by atoms with Crippen LogP contribution in [0.2, 0.25) is 0 Å². The van der Waals surface area contributed by atoms with E-state index >= 15 is 0 Å². The Morgan fingerprint density at radius 3 is 2.20 bits per heavy atom. The van der Waals surface area contributed by atoms with Crippen molar-refractivity contribution in [2.45, 2.75) is 75.9 Å². The highest BCUT2D eigenvalue weighted by Crippen LogP contribution is 2.43. The van der Waals surface area contributed by atoms with Gasteiger partial charge >= 0.3 is 11.9 Å². The SMILES string of the molecule is COc1ccc(CC[C@@H](OC(=O)[C@@H]2CCCCN2C(=O)[C@H](CC2C=CCCC2)c2cc(OC)c(OC)c(OC)c2)c2cccc(OCC(=O)O)c2)cc1OC. The summed E-state index contributed by atoms with van der Waals surface area (Å²) in [7, 11) is 7.79. The Bertz CT molecular complexity index is 1780. The number of rotatable bonds is 18. The summed E-state index contributed by atoms with van der Waals surface area (Å²) in [5, 5.41) is 9.19. The van der Waals surface area contributed by atoms with Crippen molar-refractivity contribution in [3.63, 3.8) is 0 Å². The van der Waals surface area contributed by atoms with Crippen molar-refractivity contribution < 1.29 is 52.6 Å². The number of ether oxygens (including phenoxy) is 7. The van der Waals surface area contributed by atoms with Crippen LogP contribution < -0.4 is 28.4 Å². The van der Waals surface area contributed by atoms with E-state index in [0.717, 1.165) is 43.2 Å². The summed E-state index contributed by atoms with van der Waals surface area (Å²) in [4.78, 5) is 42.2. The molecule has 2 aliphatic rings. The third kappa shape index (κ3) is 10.4. The van der Waals surface area contributed by atoms with Crippen LogP contribution in [0.3, 0.4) is 0 Å². The molecule has 3 aromatic carbocycles. The number of aliphatic carboxylic acids is 1.